The Labute approximate surface area is 126 Å². The van der Waals surface area contributed by atoms with Crippen molar-refractivity contribution in [2.45, 2.75) is 26.3 Å². The molecule has 0 saturated carbocycles. The lowest BCUT2D eigenvalue weighted by Crippen LogP contribution is -2.28. The first kappa shape index (κ1) is 15.3. The summed E-state index contributed by atoms with van der Waals surface area (Å²) in [5.74, 6) is 0.373. The SMILES string of the molecule is CC(C)c1ccccc1NC(=O)CNCc1ccccc1. The van der Waals surface area contributed by atoms with Gasteiger partial charge < -0.3 is 10.6 Å². The fourth-order valence-corrected chi connectivity index (χ4v) is 2.22. The van der Waals surface area contributed by atoms with Crippen molar-refractivity contribution in [2.75, 3.05) is 11.9 Å². The second-order valence-corrected chi connectivity index (χ2v) is 5.38. The van der Waals surface area contributed by atoms with Crippen LogP contribution in [0.5, 0.6) is 0 Å². The second kappa shape index (κ2) is 7.60. The van der Waals surface area contributed by atoms with Crippen molar-refractivity contribution in [1.29, 1.82) is 0 Å². The summed E-state index contributed by atoms with van der Waals surface area (Å²) in [6.45, 7) is 5.25. The van der Waals surface area contributed by atoms with Gasteiger partial charge in [0, 0.05) is 12.2 Å². The van der Waals surface area contributed by atoms with E-state index in [1.807, 2.05) is 48.5 Å². The fraction of sp³-hybridized carbons (Fsp3) is 0.278. The molecule has 1 amide bonds. The number of anilines is 1. The third-order valence-electron chi connectivity index (χ3n) is 3.31. The molecular formula is C18H22N2O. The van der Waals surface area contributed by atoms with E-state index in [9.17, 15) is 4.79 Å². The van der Waals surface area contributed by atoms with Crippen molar-refractivity contribution in [3.63, 3.8) is 0 Å². The zero-order valence-electron chi connectivity index (χ0n) is 12.6. The van der Waals surface area contributed by atoms with E-state index in [1.54, 1.807) is 0 Å². The Hall–Kier alpha value is -2.13. The van der Waals surface area contributed by atoms with Crippen LogP contribution in [0.15, 0.2) is 54.6 Å². The summed E-state index contributed by atoms with van der Waals surface area (Å²) in [6.07, 6.45) is 0. The van der Waals surface area contributed by atoms with Gasteiger partial charge in [-0.3, -0.25) is 4.79 Å². The van der Waals surface area contributed by atoms with Gasteiger partial charge in [-0.1, -0.05) is 62.4 Å². The first-order valence-corrected chi connectivity index (χ1v) is 7.30. The van der Waals surface area contributed by atoms with E-state index in [4.69, 9.17) is 0 Å². The van der Waals surface area contributed by atoms with E-state index >= 15 is 0 Å². The summed E-state index contributed by atoms with van der Waals surface area (Å²) in [6, 6.07) is 18.0. The van der Waals surface area contributed by atoms with Crippen LogP contribution in [0.4, 0.5) is 5.69 Å². The molecule has 2 aromatic rings. The van der Waals surface area contributed by atoms with Crippen molar-refractivity contribution in [1.82, 2.24) is 5.32 Å². The summed E-state index contributed by atoms with van der Waals surface area (Å²) in [5.41, 5.74) is 3.24. The lowest BCUT2D eigenvalue weighted by atomic mass is 10.0. The highest BCUT2D eigenvalue weighted by atomic mass is 16.1. The Kier molecular flexibility index (Phi) is 5.52. The normalized spacial score (nSPS) is 10.6. The second-order valence-electron chi connectivity index (χ2n) is 5.38. The predicted molar refractivity (Wildman–Crippen MR) is 87.3 cm³/mol. The first-order valence-electron chi connectivity index (χ1n) is 7.30. The summed E-state index contributed by atoms with van der Waals surface area (Å²) < 4.78 is 0. The monoisotopic (exact) mass is 282 g/mol. The van der Waals surface area contributed by atoms with E-state index in [0.717, 1.165) is 11.3 Å². The van der Waals surface area contributed by atoms with Crippen LogP contribution in [-0.4, -0.2) is 12.5 Å². The Morgan fingerprint density at radius 3 is 2.38 bits per heavy atom. The minimum absolute atomic E-state index is 0.0148. The maximum atomic E-state index is 12.0. The fourth-order valence-electron chi connectivity index (χ4n) is 2.22. The molecule has 0 radical (unpaired) electrons. The average molecular weight is 282 g/mol. The number of benzene rings is 2. The highest BCUT2D eigenvalue weighted by molar-refractivity contribution is 5.93. The van der Waals surface area contributed by atoms with E-state index < -0.39 is 0 Å². The number of para-hydroxylation sites is 1. The van der Waals surface area contributed by atoms with Crippen LogP contribution in [0.3, 0.4) is 0 Å². The van der Waals surface area contributed by atoms with Crippen molar-refractivity contribution in [3.8, 4) is 0 Å². The Morgan fingerprint density at radius 1 is 1.00 bits per heavy atom. The molecular weight excluding hydrogens is 260 g/mol. The molecule has 0 aliphatic heterocycles. The molecule has 0 atom stereocenters. The molecule has 0 bridgehead atoms. The Bertz CT molecular complexity index is 579. The smallest absolute Gasteiger partial charge is 0.238 e. The summed E-state index contributed by atoms with van der Waals surface area (Å²) in [7, 11) is 0. The standard InChI is InChI=1S/C18H22N2O/c1-14(2)16-10-6-7-11-17(16)20-18(21)13-19-12-15-8-4-3-5-9-15/h3-11,14,19H,12-13H2,1-2H3,(H,20,21). The van der Waals surface area contributed by atoms with Crippen LogP contribution in [0.2, 0.25) is 0 Å². The van der Waals surface area contributed by atoms with Crippen molar-refractivity contribution < 1.29 is 4.79 Å². The van der Waals surface area contributed by atoms with E-state index in [2.05, 4.69) is 30.5 Å². The van der Waals surface area contributed by atoms with Gasteiger partial charge in [-0.2, -0.15) is 0 Å². The van der Waals surface area contributed by atoms with Gasteiger partial charge in [-0.25, -0.2) is 0 Å². The lowest BCUT2D eigenvalue weighted by Gasteiger charge is -2.13. The number of amides is 1. The van der Waals surface area contributed by atoms with Crippen molar-refractivity contribution in [3.05, 3.63) is 65.7 Å². The highest BCUT2D eigenvalue weighted by Crippen LogP contribution is 2.23. The maximum absolute atomic E-state index is 12.0. The highest BCUT2D eigenvalue weighted by Gasteiger charge is 2.08. The average Bonchev–Trinajstić information content (AvgIpc) is 2.48. The van der Waals surface area contributed by atoms with Gasteiger partial charge in [-0.15, -0.1) is 0 Å². The molecule has 0 saturated heterocycles. The largest absolute Gasteiger partial charge is 0.325 e. The van der Waals surface area contributed by atoms with Crippen LogP contribution in [-0.2, 0) is 11.3 Å². The third kappa shape index (κ3) is 4.72. The third-order valence-corrected chi connectivity index (χ3v) is 3.31. The molecule has 0 unspecified atom stereocenters. The number of hydrogen-bond acceptors (Lipinski definition) is 2. The zero-order chi connectivity index (χ0) is 15.1. The Balaban J connectivity index is 1.85. The molecule has 110 valence electrons. The van der Waals surface area contributed by atoms with E-state index in [0.29, 0.717) is 19.0 Å². The number of carbonyl (C=O) groups excluding carboxylic acids is 1. The van der Waals surface area contributed by atoms with Crippen molar-refractivity contribution >= 4 is 11.6 Å². The van der Waals surface area contributed by atoms with Gasteiger partial charge in [-0.05, 0) is 23.1 Å². The molecule has 0 spiro atoms. The summed E-state index contributed by atoms with van der Waals surface area (Å²) in [5, 5.41) is 6.14. The molecule has 0 heterocycles. The molecule has 3 nitrogen and oxygen atoms in total. The van der Waals surface area contributed by atoms with Gasteiger partial charge in [0.15, 0.2) is 0 Å². The van der Waals surface area contributed by atoms with Crippen LogP contribution >= 0.6 is 0 Å². The molecule has 2 rings (SSSR count). The topological polar surface area (TPSA) is 41.1 Å². The summed E-state index contributed by atoms with van der Waals surface area (Å²) >= 11 is 0. The first-order chi connectivity index (χ1) is 10.2. The minimum Gasteiger partial charge on any atom is -0.325 e. The molecule has 0 aliphatic rings. The quantitative estimate of drug-likeness (QED) is 0.851. The number of rotatable bonds is 6. The molecule has 2 aromatic carbocycles. The molecule has 0 fully saturated rings. The van der Waals surface area contributed by atoms with Crippen LogP contribution in [0, 0.1) is 0 Å². The number of nitrogens with one attached hydrogen (secondary N) is 2. The number of carbonyl (C=O) groups is 1. The minimum atomic E-state index is -0.0148. The van der Waals surface area contributed by atoms with Gasteiger partial charge >= 0.3 is 0 Å². The molecule has 0 aromatic heterocycles. The van der Waals surface area contributed by atoms with Crippen LogP contribution in [0.25, 0.3) is 0 Å². The number of hydrogen-bond donors (Lipinski definition) is 2. The van der Waals surface area contributed by atoms with Crippen molar-refractivity contribution in [2.24, 2.45) is 0 Å². The van der Waals surface area contributed by atoms with Gasteiger partial charge in [0.2, 0.25) is 5.91 Å². The van der Waals surface area contributed by atoms with Gasteiger partial charge in [0.1, 0.15) is 0 Å². The lowest BCUT2D eigenvalue weighted by molar-refractivity contribution is -0.115. The Morgan fingerprint density at radius 2 is 1.67 bits per heavy atom. The summed E-state index contributed by atoms with van der Waals surface area (Å²) in [4.78, 5) is 12.0. The van der Waals surface area contributed by atoms with E-state index in [-0.39, 0.29) is 5.91 Å². The molecule has 3 heteroatoms. The zero-order valence-corrected chi connectivity index (χ0v) is 12.6. The maximum Gasteiger partial charge on any atom is 0.238 e. The van der Waals surface area contributed by atoms with Gasteiger partial charge in [0.25, 0.3) is 0 Å². The molecule has 2 N–H and O–H groups in total. The van der Waals surface area contributed by atoms with Gasteiger partial charge in [0.05, 0.1) is 6.54 Å². The molecule has 21 heavy (non-hydrogen) atoms. The van der Waals surface area contributed by atoms with Crippen LogP contribution < -0.4 is 10.6 Å². The van der Waals surface area contributed by atoms with E-state index in [1.165, 1.54) is 5.56 Å². The predicted octanol–water partition coefficient (Wildman–Crippen LogP) is 3.54. The molecule has 0 aliphatic carbocycles. The van der Waals surface area contributed by atoms with Crippen LogP contribution in [0.1, 0.15) is 30.9 Å².